The van der Waals surface area contributed by atoms with Gasteiger partial charge in [0.15, 0.2) is 5.78 Å². The first-order valence-electron chi connectivity index (χ1n) is 4.36. The minimum atomic E-state index is -1.93. The van der Waals surface area contributed by atoms with E-state index in [1.165, 1.54) is 6.92 Å². The van der Waals surface area contributed by atoms with Crippen LogP contribution in [-0.4, -0.2) is 10.4 Å². The molecule has 1 atom stereocenters. The van der Waals surface area contributed by atoms with Crippen LogP contribution in [0.15, 0.2) is 24.3 Å². The zero-order valence-corrected chi connectivity index (χ0v) is 9.77. The normalized spacial score (nSPS) is 14.9. The van der Waals surface area contributed by atoms with Crippen molar-refractivity contribution in [3.05, 3.63) is 35.4 Å². The highest BCUT2D eigenvalue weighted by Gasteiger charge is 2.31. The Morgan fingerprint density at radius 2 is 1.93 bits per heavy atom. The van der Waals surface area contributed by atoms with E-state index in [1.54, 1.807) is 0 Å². The Bertz CT molecular complexity index is 330. The lowest BCUT2D eigenvalue weighted by atomic mass is 10.1. The van der Waals surface area contributed by atoms with Crippen molar-refractivity contribution in [2.24, 2.45) is 0 Å². The smallest absolute Gasteiger partial charge is 0.226 e. The largest absolute Gasteiger partial charge is 0.295 e. The molecule has 0 amide bonds. The SMILES string of the molecule is CC(=O)C(F)(Br)Cc1ccc(C)cc1. The molecule has 14 heavy (non-hydrogen) atoms. The van der Waals surface area contributed by atoms with Crippen LogP contribution in [0.5, 0.6) is 0 Å². The average Bonchev–Trinajstić information content (AvgIpc) is 2.08. The number of benzene rings is 1. The Balaban J connectivity index is 2.79. The third-order valence-corrected chi connectivity index (χ3v) is 2.90. The molecule has 0 bridgehead atoms. The van der Waals surface area contributed by atoms with Gasteiger partial charge in [0.1, 0.15) is 0 Å². The summed E-state index contributed by atoms with van der Waals surface area (Å²) in [6.07, 6.45) is 0.0720. The Labute approximate surface area is 91.5 Å². The summed E-state index contributed by atoms with van der Waals surface area (Å²) in [5, 5.41) is 0. The molecule has 0 radical (unpaired) electrons. The number of alkyl halides is 2. The van der Waals surface area contributed by atoms with Crippen molar-refractivity contribution in [2.45, 2.75) is 24.8 Å². The van der Waals surface area contributed by atoms with Gasteiger partial charge in [-0.15, -0.1) is 0 Å². The number of aryl methyl sites for hydroxylation is 1. The number of rotatable bonds is 3. The van der Waals surface area contributed by atoms with E-state index < -0.39 is 10.4 Å². The summed E-state index contributed by atoms with van der Waals surface area (Å²) >= 11 is 2.79. The molecule has 1 rings (SSSR count). The molecule has 0 saturated carbocycles. The Hall–Kier alpha value is -0.700. The van der Waals surface area contributed by atoms with E-state index in [0.717, 1.165) is 11.1 Å². The van der Waals surface area contributed by atoms with Gasteiger partial charge in [-0.2, -0.15) is 0 Å². The van der Waals surface area contributed by atoms with Gasteiger partial charge in [-0.25, -0.2) is 4.39 Å². The van der Waals surface area contributed by atoms with Gasteiger partial charge in [0, 0.05) is 6.42 Å². The summed E-state index contributed by atoms with van der Waals surface area (Å²) in [6.45, 7) is 3.20. The number of hydrogen-bond donors (Lipinski definition) is 0. The Kier molecular flexibility index (Phi) is 3.43. The molecule has 0 aromatic heterocycles. The molecule has 0 aliphatic carbocycles. The van der Waals surface area contributed by atoms with E-state index in [4.69, 9.17) is 0 Å². The Morgan fingerprint density at radius 1 is 1.43 bits per heavy atom. The molecule has 0 fully saturated rings. The van der Waals surface area contributed by atoms with Crippen LogP contribution in [0, 0.1) is 6.92 Å². The second-order valence-corrected chi connectivity index (χ2v) is 4.68. The zero-order valence-electron chi connectivity index (χ0n) is 8.18. The second-order valence-electron chi connectivity index (χ2n) is 3.42. The van der Waals surface area contributed by atoms with E-state index in [0.29, 0.717) is 0 Å². The number of halogens is 2. The summed E-state index contributed by atoms with van der Waals surface area (Å²) in [6, 6.07) is 7.46. The van der Waals surface area contributed by atoms with Crippen LogP contribution in [0.3, 0.4) is 0 Å². The van der Waals surface area contributed by atoms with Gasteiger partial charge in [0.25, 0.3) is 0 Å². The molecule has 3 heteroatoms. The van der Waals surface area contributed by atoms with Crippen molar-refractivity contribution in [3.8, 4) is 0 Å². The fourth-order valence-electron chi connectivity index (χ4n) is 1.09. The first-order chi connectivity index (χ1) is 6.42. The van der Waals surface area contributed by atoms with Crippen LogP contribution in [0.4, 0.5) is 4.39 Å². The maximum atomic E-state index is 13.6. The van der Waals surface area contributed by atoms with Gasteiger partial charge in [-0.3, -0.25) is 4.79 Å². The van der Waals surface area contributed by atoms with Gasteiger partial charge in [0.2, 0.25) is 4.58 Å². The highest BCUT2D eigenvalue weighted by Crippen LogP contribution is 2.26. The summed E-state index contributed by atoms with van der Waals surface area (Å²) in [5.74, 6) is -0.502. The molecule has 1 nitrogen and oxygen atoms in total. The maximum Gasteiger partial charge on any atom is 0.226 e. The highest BCUT2D eigenvalue weighted by atomic mass is 79.9. The molecular weight excluding hydrogens is 247 g/mol. The predicted octanol–water partition coefficient (Wildman–Crippen LogP) is 3.19. The number of carbonyl (C=O) groups excluding carboxylic acids is 1. The molecule has 76 valence electrons. The molecule has 0 heterocycles. The van der Waals surface area contributed by atoms with E-state index >= 15 is 0 Å². The molecule has 1 unspecified atom stereocenters. The lowest BCUT2D eigenvalue weighted by molar-refractivity contribution is -0.122. The van der Waals surface area contributed by atoms with E-state index in [2.05, 4.69) is 15.9 Å². The van der Waals surface area contributed by atoms with Gasteiger partial charge >= 0.3 is 0 Å². The molecule has 0 aliphatic rings. The van der Waals surface area contributed by atoms with Crippen LogP contribution in [0.25, 0.3) is 0 Å². The summed E-state index contributed by atoms with van der Waals surface area (Å²) in [7, 11) is 0. The standard InChI is InChI=1S/C11H12BrFO/c1-8-3-5-10(6-4-8)7-11(12,13)9(2)14/h3-6H,7H2,1-2H3. The second kappa shape index (κ2) is 4.22. The highest BCUT2D eigenvalue weighted by molar-refractivity contribution is 9.10. The predicted molar refractivity (Wildman–Crippen MR) is 58.3 cm³/mol. The molecule has 1 aromatic rings. The van der Waals surface area contributed by atoms with Crippen molar-refractivity contribution in [2.75, 3.05) is 0 Å². The zero-order chi connectivity index (χ0) is 10.8. The van der Waals surface area contributed by atoms with Crippen LogP contribution < -0.4 is 0 Å². The number of carbonyl (C=O) groups is 1. The van der Waals surface area contributed by atoms with Gasteiger partial charge in [-0.05, 0) is 35.3 Å². The van der Waals surface area contributed by atoms with Crippen LogP contribution in [0.2, 0.25) is 0 Å². The summed E-state index contributed by atoms with van der Waals surface area (Å²) in [4.78, 5) is 10.9. The van der Waals surface area contributed by atoms with Crippen molar-refractivity contribution >= 4 is 21.7 Å². The molecule has 0 aliphatic heterocycles. The quantitative estimate of drug-likeness (QED) is 0.762. The monoisotopic (exact) mass is 258 g/mol. The molecule has 0 N–H and O–H groups in total. The minimum absolute atomic E-state index is 0.0720. The van der Waals surface area contributed by atoms with E-state index in [-0.39, 0.29) is 6.42 Å². The number of ketones is 1. The number of hydrogen-bond acceptors (Lipinski definition) is 1. The molecular formula is C11H12BrFO. The van der Waals surface area contributed by atoms with E-state index in [9.17, 15) is 9.18 Å². The number of Topliss-reactive ketones (excluding diaryl/α,β-unsaturated/α-hetero) is 1. The third kappa shape index (κ3) is 2.91. The maximum absolute atomic E-state index is 13.6. The fraction of sp³-hybridized carbons (Fsp3) is 0.364. The molecule has 1 aromatic carbocycles. The minimum Gasteiger partial charge on any atom is -0.295 e. The van der Waals surface area contributed by atoms with Crippen LogP contribution in [0.1, 0.15) is 18.1 Å². The van der Waals surface area contributed by atoms with Crippen LogP contribution in [-0.2, 0) is 11.2 Å². The van der Waals surface area contributed by atoms with Crippen LogP contribution >= 0.6 is 15.9 Å². The lowest BCUT2D eigenvalue weighted by Crippen LogP contribution is -2.26. The summed E-state index contributed by atoms with van der Waals surface area (Å²) < 4.78 is 11.6. The van der Waals surface area contributed by atoms with Crippen molar-refractivity contribution in [1.29, 1.82) is 0 Å². The van der Waals surface area contributed by atoms with Crippen molar-refractivity contribution in [3.63, 3.8) is 0 Å². The van der Waals surface area contributed by atoms with Crippen molar-refractivity contribution < 1.29 is 9.18 Å². The molecule has 0 saturated heterocycles. The Morgan fingerprint density at radius 3 is 2.36 bits per heavy atom. The molecule has 0 spiro atoms. The average molecular weight is 259 g/mol. The summed E-state index contributed by atoms with van der Waals surface area (Å²) in [5.41, 5.74) is 1.93. The van der Waals surface area contributed by atoms with Gasteiger partial charge in [-0.1, -0.05) is 29.8 Å². The third-order valence-electron chi connectivity index (χ3n) is 2.06. The fourth-order valence-corrected chi connectivity index (χ4v) is 1.41. The van der Waals surface area contributed by atoms with E-state index in [1.807, 2.05) is 31.2 Å². The first kappa shape index (κ1) is 11.4. The van der Waals surface area contributed by atoms with Crippen molar-refractivity contribution in [1.82, 2.24) is 0 Å². The first-order valence-corrected chi connectivity index (χ1v) is 5.15. The van der Waals surface area contributed by atoms with Gasteiger partial charge < -0.3 is 0 Å². The van der Waals surface area contributed by atoms with Gasteiger partial charge in [0.05, 0.1) is 0 Å². The lowest BCUT2D eigenvalue weighted by Gasteiger charge is -2.14. The topological polar surface area (TPSA) is 17.1 Å².